The zero-order valence-electron chi connectivity index (χ0n) is 12.4. The summed E-state index contributed by atoms with van der Waals surface area (Å²) >= 11 is 6.00. The number of carbonyl (C=O) groups is 1. The molecule has 4 nitrogen and oxygen atoms in total. The molecule has 1 aliphatic rings. The van der Waals surface area contributed by atoms with Gasteiger partial charge in [-0.3, -0.25) is 4.79 Å². The largest absolute Gasteiger partial charge is 0.377 e. The molecule has 0 saturated carbocycles. The highest BCUT2D eigenvalue weighted by atomic mass is 35.5. The van der Waals surface area contributed by atoms with Crippen LogP contribution in [0.3, 0.4) is 0 Å². The molecule has 1 aliphatic heterocycles. The molecule has 1 fully saturated rings. The van der Waals surface area contributed by atoms with E-state index in [0.717, 1.165) is 38.0 Å². The van der Waals surface area contributed by atoms with E-state index in [0.29, 0.717) is 11.6 Å². The van der Waals surface area contributed by atoms with E-state index in [9.17, 15) is 4.79 Å². The number of halogens is 1. The van der Waals surface area contributed by atoms with Crippen LogP contribution in [0.4, 0.5) is 0 Å². The lowest BCUT2D eigenvalue weighted by molar-refractivity contribution is -0.121. The van der Waals surface area contributed by atoms with Crippen LogP contribution in [0.1, 0.15) is 37.8 Å². The third-order valence-electron chi connectivity index (χ3n) is 3.68. The van der Waals surface area contributed by atoms with E-state index in [1.165, 1.54) is 0 Å². The van der Waals surface area contributed by atoms with Gasteiger partial charge in [0.2, 0.25) is 5.91 Å². The summed E-state index contributed by atoms with van der Waals surface area (Å²) in [5.41, 5.74) is 1.04. The average molecular weight is 311 g/mol. The minimum atomic E-state index is -0.000164. The van der Waals surface area contributed by atoms with Gasteiger partial charge in [0.05, 0.1) is 18.7 Å². The van der Waals surface area contributed by atoms with Crippen LogP contribution in [0, 0.1) is 0 Å². The number of carbonyl (C=O) groups excluding carboxylic acids is 1. The van der Waals surface area contributed by atoms with Crippen molar-refractivity contribution in [3.05, 3.63) is 34.9 Å². The molecule has 1 amide bonds. The molecule has 2 unspecified atom stereocenters. The van der Waals surface area contributed by atoms with Crippen molar-refractivity contribution in [2.45, 2.75) is 38.3 Å². The van der Waals surface area contributed by atoms with Gasteiger partial charge in [-0.25, -0.2) is 0 Å². The van der Waals surface area contributed by atoms with Crippen LogP contribution in [0.15, 0.2) is 24.3 Å². The summed E-state index contributed by atoms with van der Waals surface area (Å²) in [5, 5.41) is 6.88. The van der Waals surface area contributed by atoms with Gasteiger partial charge in [-0.1, -0.05) is 30.7 Å². The molecule has 116 valence electrons. The van der Waals surface area contributed by atoms with Crippen LogP contribution in [-0.4, -0.2) is 31.7 Å². The lowest BCUT2D eigenvalue weighted by atomic mass is 10.0. The topological polar surface area (TPSA) is 50.4 Å². The summed E-state index contributed by atoms with van der Waals surface area (Å²) in [4.78, 5) is 12.0. The number of rotatable bonds is 7. The van der Waals surface area contributed by atoms with Crippen molar-refractivity contribution in [3.63, 3.8) is 0 Å². The van der Waals surface area contributed by atoms with E-state index < -0.39 is 0 Å². The fourth-order valence-corrected chi connectivity index (χ4v) is 2.74. The Morgan fingerprint density at radius 1 is 1.52 bits per heavy atom. The van der Waals surface area contributed by atoms with Crippen molar-refractivity contribution in [2.75, 3.05) is 19.7 Å². The van der Waals surface area contributed by atoms with Gasteiger partial charge in [0.15, 0.2) is 0 Å². The standard InChI is InChI=1S/C16H23ClN2O2/c1-2-15(12-5-3-6-13(17)9-12)19-16(20)11-18-10-14-7-4-8-21-14/h3,5-6,9,14-15,18H,2,4,7-8,10-11H2,1H3,(H,19,20). The summed E-state index contributed by atoms with van der Waals surface area (Å²) in [6.45, 7) is 3.94. The lowest BCUT2D eigenvalue weighted by Crippen LogP contribution is -2.38. The highest BCUT2D eigenvalue weighted by Crippen LogP contribution is 2.20. The Kier molecular flexibility index (Phi) is 6.49. The van der Waals surface area contributed by atoms with Crippen LogP contribution in [0.25, 0.3) is 0 Å². The summed E-state index contributed by atoms with van der Waals surface area (Å²) < 4.78 is 5.51. The second-order valence-corrected chi connectivity index (χ2v) is 5.79. The number of nitrogens with one attached hydrogen (secondary N) is 2. The van der Waals surface area contributed by atoms with Crippen molar-refractivity contribution in [3.8, 4) is 0 Å². The molecule has 1 heterocycles. The Balaban J connectivity index is 1.76. The van der Waals surface area contributed by atoms with E-state index in [-0.39, 0.29) is 18.1 Å². The van der Waals surface area contributed by atoms with E-state index in [1.54, 1.807) is 0 Å². The Labute approximate surface area is 131 Å². The molecule has 21 heavy (non-hydrogen) atoms. The summed E-state index contributed by atoms with van der Waals surface area (Å²) in [6, 6.07) is 7.63. The first-order valence-corrected chi connectivity index (χ1v) is 7.94. The molecule has 0 bridgehead atoms. The van der Waals surface area contributed by atoms with Gasteiger partial charge in [-0.15, -0.1) is 0 Å². The molecular formula is C16H23ClN2O2. The third-order valence-corrected chi connectivity index (χ3v) is 3.91. The lowest BCUT2D eigenvalue weighted by Gasteiger charge is -2.18. The predicted molar refractivity (Wildman–Crippen MR) is 84.5 cm³/mol. The van der Waals surface area contributed by atoms with Crippen molar-refractivity contribution in [2.24, 2.45) is 0 Å². The zero-order valence-corrected chi connectivity index (χ0v) is 13.2. The molecule has 0 aromatic heterocycles. The van der Waals surface area contributed by atoms with Crippen molar-refractivity contribution < 1.29 is 9.53 Å². The van der Waals surface area contributed by atoms with Gasteiger partial charge < -0.3 is 15.4 Å². The maximum atomic E-state index is 12.0. The molecule has 5 heteroatoms. The minimum absolute atomic E-state index is 0.000164. The van der Waals surface area contributed by atoms with Gasteiger partial charge in [0.25, 0.3) is 0 Å². The molecule has 2 rings (SSSR count). The Hall–Kier alpha value is -1.10. The van der Waals surface area contributed by atoms with Gasteiger partial charge in [-0.05, 0) is 37.0 Å². The summed E-state index contributed by atoms with van der Waals surface area (Å²) in [6.07, 6.45) is 3.28. The molecule has 1 aromatic rings. The molecule has 2 atom stereocenters. The van der Waals surface area contributed by atoms with E-state index >= 15 is 0 Å². The normalized spacial score (nSPS) is 19.4. The molecule has 1 saturated heterocycles. The maximum absolute atomic E-state index is 12.0. The number of hydrogen-bond donors (Lipinski definition) is 2. The van der Waals surface area contributed by atoms with Gasteiger partial charge in [-0.2, -0.15) is 0 Å². The first-order chi connectivity index (χ1) is 10.2. The second-order valence-electron chi connectivity index (χ2n) is 5.35. The van der Waals surface area contributed by atoms with Crippen LogP contribution >= 0.6 is 11.6 Å². The van der Waals surface area contributed by atoms with Crippen LogP contribution in [0.5, 0.6) is 0 Å². The number of hydrogen-bond acceptors (Lipinski definition) is 3. The van der Waals surface area contributed by atoms with Gasteiger partial charge in [0, 0.05) is 18.2 Å². The Morgan fingerprint density at radius 2 is 2.38 bits per heavy atom. The third kappa shape index (κ3) is 5.30. The first kappa shape index (κ1) is 16.3. The first-order valence-electron chi connectivity index (χ1n) is 7.56. The van der Waals surface area contributed by atoms with Crippen molar-refractivity contribution >= 4 is 17.5 Å². The monoisotopic (exact) mass is 310 g/mol. The zero-order chi connectivity index (χ0) is 15.1. The van der Waals surface area contributed by atoms with E-state index in [1.807, 2.05) is 31.2 Å². The van der Waals surface area contributed by atoms with E-state index in [4.69, 9.17) is 16.3 Å². The van der Waals surface area contributed by atoms with Crippen LogP contribution < -0.4 is 10.6 Å². The summed E-state index contributed by atoms with van der Waals surface area (Å²) in [7, 11) is 0. The fourth-order valence-electron chi connectivity index (χ4n) is 2.54. The number of amides is 1. The van der Waals surface area contributed by atoms with Gasteiger partial charge in [0.1, 0.15) is 0 Å². The molecule has 0 spiro atoms. The molecule has 1 aromatic carbocycles. The minimum Gasteiger partial charge on any atom is -0.377 e. The number of benzene rings is 1. The second kappa shape index (κ2) is 8.37. The maximum Gasteiger partial charge on any atom is 0.234 e. The Morgan fingerprint density at radius 3 is 3.05 bits per heavy atom. The molecule has 0 aliphatic carbocycles. The molecule has 2 N–H and O–H groups in total. The SMILES string of the molecule is CCC(NC(=O)CNCC1CCCO1)c1cccc(Cl)c1. The highest BCUT2D eigenvalue weighted by molar-refractivity contribution is 6.30. The average Bonchev–Trinajstić information content (AvgIpc) is 2.98. The molecule has 0 radical (unpaired) electrons. The predicted octanol–water partition coefficient (Wildman–Crippen LogP) is 2.68. The van der Waals surface area contributed by atoms with Crippen LogP contribution in [-0.2, 0) is 9.53 Å². The quantitative estimate of drug-likeness (QED) is 0.814. The highest BCUT2D eigenvalue weighted by Gasteiger charge is 2.16. The number of ether oxygens (including phenoxy) is 1. The van der Waals surface area contributed by atoms with Crippen LogP contribution in [0.2, 0.25) is 5.02 Å². The Bertz CT molecular complexity index is 461. The molecular weight excluding hydrogens is 288 g/mol. The smallest absolute Gasteiger partial charge is 0.234 e. The van der Waals surface area contributed by atoms with E-state index in [2.05, 4.69) is 10.6 Å². The van der Waals surface area contributed by atoms with Crippen molar-refractivity contribution in [1.29, 1.82) is 0 Å². The van der Waals surface area contributed by atoms with Crippen molar-refractivity contribution in [1.82, 2.24) is 10.6 Å². The fraction of sp³-hybridized carbons (Fsp3) is 0.562. The van der Waals surface area contributed by atoms with Gasteiger partial charge >= 0.3 is 0 Å². The summed E-state index contributed by atoms with van der Waals surface area (Å²) in [5.74, 6) is -0.000164.